The van der Waals surface area contributed by atoms with E-state index in [1.807, 2.05) is 20.8 Å². The van der Waals surface area contributed by atoms with Crippen LogP contribution in [0.5, 0.6) is 0 Å². The van der Waals surface area contributed by atoms with E-state index in [1.165, 1.54) is 5.56 Å². The molecule has 0 saturated heterocycles. The monoisotopic (exact) mass is 318 g/mol. The number of hydrogen-bond acceptors (Lipinski definition) is 2. The number of nitrogens with one attached hydrogen (secondary N) is 1. The maximum absolute atomic E-state index is 12.0. The zero-order valence-corrected chi connectivity index (χ0v) is 15.3. The van der Waals surface area contributed by atoms with Crippen LogP contribution >= 0.6 is 0 Å². The van der Waals surface area contributed by atoms with Crippen molar-refractivity contribution in [3.8, 4) is 0 Å². The molecule has 0 bridgehead atoms. The highest BCUT2D eigenvalue weighted by molar-refractivity contribution is 5.94. The summed E-state index contributed by atoms with van der Waals surface area (Å²) in [5.41, 5.74) is 4.24. The average Bonchev–Trinajstić information content (AvgIpc) is 2.40. The van der Waals surface area contributed by atoms with Gasteiger partial charge in [0.2, 0.25) is 11.8 Å². The predicted molar refractivity (Wildman–Crippen MR) is 95.8 cm³/mol. The minimum Gasteiger partial charge on any atom is -0.356 e. The van der Waals surface area contributed by atoms with Crippen LogP contribution in [0, 0.1) is 26.7 Å². The number of hydrogen-bond donors (Lipinski definition) is 1. The Hall–Kier alpha value is -1.84. The van der Waals surface area contributed by atoms with E-state index >= 15 is 0 Å². The normalized spacial score (nSPS) is 10.7. The SMILES string of the molecule is CC(=O)N(CCC(=O)NCCC(C)C)c1c(C)cc(C)cc1C. The van der Waals surface area contributed by atoms with E-state index in [4.69, 9.17) is 0 Å². The summed E-state index contributed by atoms with van der Waals surface area (Å²) >= 11 is 0. The number of amides is 2. The van der Waals surface area contributed by atoms with Crippen molar-refractivity contribution in [2.75, 3.05) is 18.0 Å². The van der Waals surface area contributed by atoms with Crippen LogP contribution in [0.25, 0.3) is 0 Å². The molecular weight excluding hydrogens is 288 g/mol. The molecule has 0 atom stereocenters. The van der Waals surface area contributed by atoms with Gasteiger partial charge in [-0.3, -0.25) is 9.59 Å². The van der Waals surface area contributed by atoms with Gasteiger partial charge in [-0.1, -0.05) is 31.5 Å². The Labute approximate surface area is 140 Å². The summed E-state index contributed by atoms with van der Waals surface area (Å²) in [6, 6.07) is 4.14. The van der Waals surface area contributed by atoms with E-state index in [-0.39, 0.29) is 11.8 Å². The van der Waals surface area contributed by atoms with Gasteiger partial charge in [0.15, 0.2) is 0 Å². The summed E-state index contributed by atoms with van der Waals surface area (Å²) in [5.74, 6) is 0.538. The van der Waals surface area contributed by atoms with Gasteiger partial charge in [0.1, 0.15) is 0 Å². The highest BCUT2D eigenvalue weighted by Gasteiger charge is 2.17. The van der Waals surface area contributed by atoms with Crippen molar-refractivity contribution in [2.45, 2.75) is 54.4 Å². The molecule has 1 aromatic carbocycles. The van der Waals surface area contributed by atoms with Crippen LogP contribution in [0.4, 0.5) is 5.69 Å². The summed E-state index contributed by atoms with van der Waals surface area (Å²) in [4.78, 5) is 25.7. The molecule has 0 radical (unpaired) electrons. The quantitative estimate of drug-likeness (QED) is 0.836. The summed E-state index contributed by atoms with van der Waals surface area (Å²) < 4.78 is 0. The van der Waals surface area contributed by atoms with Gasteiger partial charge in [-0.25, -0.2) is 0 Å². The van der Waals surface area contributed by atoms with Crippen LogP contribution in [0.2, 0.25) is 0 Å². The molecule has 0 fully saturated rings. The second-order valence-corrected chi connectivity index (χ2v) is 6.70. The largest absolute Gasteiger partial charge is 0.356 e. The van der Waals surface area contributed by atoms with Crippen LogP contribution in [0.15, 0.2) is 12.1 Å². The average molecular weight is 318 g/mol. The molecular formula is C19H30N2O2. The lowest BCUT2D eigenvalue weighted by Gasteiger charge is -2.25. The Morgan fingerprint density at radius 1 is 1.13 bits per heavy atom. The molecule has 128 valence electrons. The van der Waals surface area contributed by atoms with Crippen molar-refractivity contribution in [2.24, 2.45) is 5.92 Å². The molecule has 0 unspecified atom stereocenters. The molecule has 2 amide bonds. The summed E-state index contributed by atoms with van der Waals surface area (Å²) in [5, 5.41) is 2.92. The second kappa shape index (κ2) is 8.70. The van der Waals surface area contributed by atoms with Crippen LogP contribution in [-0.4, -0.2) is 24.9 Å². The highest BCUT2D eigenvalue weighted by Crippen LogP contribution is 2.26. The van der Waals surface area contributed by atoms with Crippen LogP contribution in [-0.2, 0) is 9.59 Å². The van der Waals surface area contributed by atoms with E-state index in [9.17, 15) is 9.59 Å². The van der Waals surface area contributed by atoms with E-state index in [2.05, 4.69) is 31.3 Å². The molecule has 1 aromatic rings. The van der Waals surface area contributed by atoms with E-state index in [0.29, 0.717) is 25.4 Å². The fourth-order valence-electron chi connectivity index (χ4n) is 2.83. The highest BCUT2D eigenvalue weighted by atomic mass is 16.2. The molecule has 0 aliphatic heterocycles. The molecule has 0 spiro atoms. The smallest absolute Gasteiger partial charge is 0.223 e. The number of aryl methyl sites for hydroxylation is 3. The molecule has 4 heteroatoms. The Bertz CT molecular complexity index is 541. The van der Waals surface area contributed by atoms with Gasteiger partial charge in [-0.05, 0) is 44.2 Å². The predicted octanol–water partition coefficient (Wildman–Crippen LogP) is 3.52. The standard InChI is InChI=1S/C19H30N2O2/c1-13(2)7-9-20-18(23)8-10-21(17(6)22)19-15(4)11-14(3)12-16(19)5/h11-13H,7-10H2,1-6H3,(H,20,23). The maximum Gasteiger partial charge on any atom is 0.223 e. The topological polar surface area (TPSA) is 49.4 Å². The summed E-state index contributed by atoms with van der Waals surface area (Å²) in [7, 11) is 0. The minimum atomic E-state index is -0.0324. The lowest BCUT2D eigenvalue weighted by molar-refractivity contribution is -0.121. The molecule has 0 aromatic heterocycles. The zero-order chi connectivity index (χ0) is 17.6. The van der Waals surface area contributed by atoms with Crippen molar-refractivity contribution in [1.82, 2.24) is 5.32 Å². The second-order valence-electron chi connectivity index (χ2n) is 6.70. The Morgan fingerprint density at radius 3 is 2.17 bits per heavy atom. The Kier molecular flexibility index (Phi) is 7.27. The molecule has 0 saturated carbocycles. The molecule has 1 rings (SSSR count). The van der Waals surface area contributed by atoms with Crippen LogP contribution in [0.3, 0.4) is 0 Å². The Balaban J connectivity index is 2.74. The van der Waals surface area contributed by atoms with Gasteiger partial charge < -0.3 is 10.2 Å². The van der Waals surface area contributed by atoms with Crippen molar-refractivity contribution in [1.29, 1.82) is 0 Å². The van der Waals surface area contributed by atoms with Crippen molar-refractivity contribution in [3.63, 3.8) is 0 Å². The van der Waals surface area contributed by atoms with Gasteiger partial charge in [0, 0.05) is 32.1 Å². The number of rotatable bonds is 7. The molecule has 1 N–H and O–H groups in total. The van der Waals surface area contributed by atoms with Crippen molar-refractivity contribution < 1.29 is 9.59 Å². The third-order valence-corrected chi connectivity index (χ3v) is 3.89. The van der Waals surface area contributed by atoms with Crippen molar-refractivity contribution in [3.05, 3.63) is 28.8 Å². The molecule has 4 nitrogen and oxygen atoms in total. The van der Waals surface area contributed by atoms with E-state index in [0.717, 1.165) is 23.2 Å². The van der Waals surface area contributed by atoms with Crippen molar-refractivity contribution >= 4 is 17.5 Å². The number of benzene rings is 1. The summed E-state index contributed by atoms with van der Waals surface area (Å²) in [6.07, 6.45) is 1.29. The fraction of sp³-hybridized carbons (Fsp3) is 0.579. The number of carbonyl (C=O) groups is 2. The first-order valence-corrected chi connectivity index (χ1v) is 8.35. The first kappa shape index (κ1) is 19.2. The van der Waals surface area contributed by atoms with Crippen LogP contribution < -0.4 is 10.2 Å². The first-order valence-electron chi connectivity index (χ1n) is 8.35. The van der Waals surface area contributed by atoms with Gasteiger partial charge in [-0.15, -0.1) is 0 Å². The van der Waals surface area contributed by atoms with E-state index < -0.39 is 0 Å². The molecule has 0 aliphatic rings. The van der Waals surface area contributed by atoms with Gasteiger partial charge >= 0.3 is 0 Å². The lowest BCUT2D eigenvalue weighted by atomic mass is 10.0. The summed E-state index contributed by atoms with van der Waals surface area (Å²) in [6.45, 7) is 13.0. The lowest BCUT2D eigenvalue weighted by Crippen LogP contribution is -2.35. The molecule has 23 heavy (non-hydrogen) atoms. The number of anilines is 1. The zero-order valence-electron chi connectivity index (χ0n) is 15.3. The molecule has 0 heterocycles. The van der Waals surface area contributed by atoms with E-state index in [1.54, 1.807) is 11.8 Å². The third-order valence-electron chi connectivity index (χ3n) is 3.89. The number of carbonyl (C=O) groups excluding carboxylic acids is 2. The van der Waals surface area contributed by atoms with Gasteiger partial charge in [0.25, 0.3) is 0 Å². The Morgan fingerprint density at radius 2 is 1.70 bits per heavy atom. The van der Waals surface area contributed by atoms with Gasteiger partial charge in [0.05, 0.1) is 0 Å². The third kappa shape index (κ3) is 6.05. The first-order chi connectivity index (χ1) is 10.7. The number of nitrogens with zero attached hydrogens (tertiary/aromatic N) is 1. The van der Waals surface area contributed by atoms with Crippen LogP contribution in [0.1, 0.15) is 50.3 Å². The fourth-order valence-corrected chi connectivity index (χ4v) is 2.83. The maximum atomic E-state index is 12.0. The van der Waals surface area contributed by atoms with Gasteiger partial charge in [-0.2, -0.15) is 0 Å². The minimum absolute atomic E-state index is 0.000632. The molecule has 0 aliphatic carbocycles.